The molecule has 1 N–H and O–H groups in total. The Morgan fingerprint density at radius 2 is 1.83 bits per heavy atom. The first-order valence-electron chi connectivity index (χ1n) is 5.73. The molecule has 0 saturated carbocycles. The fourth-order valence-electron chi connectivity index (χ4n) is 1.94. The monoisotopic (exact) mass is 268 g/mol. The molecule has 0 atom stereocenters. The van der Waals surface area contributed by atoms with Crippen LogP contribution in [0.1, 0.15) is 19.4 Å². The number of hydrogen-bond donors (Lipinski definition) is 1. The highest BCUT2D eigenvalue weighted by atomic mass is 32.2. The van der Waals surface area contributed by atoms with Gasteiger partial charge in [-0.25, -0.2) is 4.31 Å². The van der Waals surface area contributed by atoms with E-state index >= 15 is 0 Å². The quantitative estimate of drug-likeness (QED) is 0.877. The average molecular weight is 268 g/mol. The zero-order valence-electron chi connectivity index (χ0n) is 10.4. The third kappa shape index (κ3) is 2.39. The van der Waals surface area contributed by atoms with Crippen LogP contribution >= 0.6 is 0 Å². The fourth-order valence-corrected chi connectivity index (χ4v) is 3.56. The normalized spacial score (nSPS) is 21.2. The molecule has 1 aliphatic rings. The Kier molecular flexibility index (Phi) is 3.16. The number of hydrogen-bond acceptors (Lipinski definition) is 3. The largest absolute Gasteiger partial charge is 0.304 e. The minimum Gasteiger partial charge on any atom is -0.272 e. The third-order valence-electron chi connectivity index (χ3n) is 2.88. The van der Waals surface area contributed by atoms with Crippen molar-refractivity contribution in [3.8, 4) is 0 Å². The van der Waals surface area contributed by atoms with Crippen molar-refractivity contribution in [2.45, 2.75) is 25.8 Å². The summed E-state index contributed by atoms with van der Waals surface area (Å²) in [5.74, 6) is -0.404. The summed E-state index contributed by atoms with van der Waals surface area (Å²) in [5, 5.41) is 0. The fraction of sp³-hybridized carbons (Fsp3) is 0.417. The molecule has 1 aliphatic heterocycles. The Labute approximate surface area is 107 Å². The molecule has 18 heavy (non-hydrogen) atoms. The van der Waals surface area contributed by atoms with E-state index in [1.807, 2.05) is 30.3 Å². The van der Waals surface area contributed by atoms with Crippen molar-refractivity contribution in [1.29, 1.82) is 0 Å². The van der Waals surface area contributed by atoms with Crippen molar-refractivity contribution in [2.24, 2.45) is 0 Å². The molecule has 1 amide bonds. The van der Waals surface area contributed by atoms with Gasteiger partial charge in [-0.05, 0) is 25.8 Å². The molecule has 1 fully saturated rings. The summed E-state index contributed by atoms with van der Waals surface area (Å²) in [4.78, 5) is 11.9. The molecule has 98 valence electrons. The van der Waals surface area contributed by atoms with Crippen molar-refractivity contribution in [1.82, 2.24) is 9.03 Å². The zero-order chi connectivity index (χ0) is 13.4. The Balaban J connectivity index is 2.12. The number of carbonyl (C=O) groups is 1. The van der Waals surface area contributed by atoms with Crippen molar-refractivity contribution in [3.05, 3.63) is 35.9 Å². The van der Waals surface area contributed by atoms with Crippen LogP contribution < -0.4 is 4.72 Å². The predicted molar refractivity (Wildman–Crippen MR) is 68.0 cm³/mol. The lowest BCUT2D eigenvalue weighted by atomic mass is 10.1. The van der Waals surface area contributed by atoms with Crippen LogP contribution in [0, 0.1) is 0 Å². The van der Waals surface area contributed by atoms with E-state index in [0.29, 0.717) is 6.42 Å². The van der Waals surface area contributed by atoms with Gasteiger partial charge in [0.1, 0.15) is 5.54 Å². The van der Waals surface area contributed by atoms with E-state index < -0.39 is 21.7 Å². The maximum absolute atomic E-state index is 11.9. The molecule has 0 radical (unpaired) electrons. The first-order valence-corrected chi connectivity index (χ1v) is 7.17. The summed E-state index contributed by atoms with van der Waals surface area (Å²) >= 11 is 0. The number of benzene rings is 1. The van der Waals surface area contributed by atoms with Crippen LogP contribution in [0.15, 0.2) is 30.3 Å². The lowest BCUT2D eigenvalue weighted by Gasteiger charge is -2.15. The second-order valence-corrected chi connectivity index (χ2v) is 6.44. The molecule has 5 nitrogen and oxygen atoms in total. The topological polar surface area (TPSA) is 66.5 Å². The molecular weight excluding hydrogens is 252 g/mol. The first kappa shape index (κ1) is 13.0. The molecule has 0 unspecified atom stereocenters. The molecule has 1 aromatic rings. The lowest BCUT2D eigenvalue weighted by Crippen LogP contribution is -2.40. The van der Waals surface area contributed by atoms with Gasteiger partial charge in [-0.15, -0.1) is 0 Å². The molecular formula is C12H16N2O3S. The SMILES string of the molecule is CC1(C)NS(=O)(=O)N(CCc2ccccc2)C1=O. The van der Waals surface area contributed by atoms with E-state index in [1.165, 1.54) is 0 Å². The summed E-state index contributed by atoms with van der Waals surface area (Å²) in [5.41, 5.74) is -0.0413. The Hall–Kier alpha value is -1.40. The zero-order valence-corrected chi connectivity index (χ0v) is 11.2. The molecule has 2 rings (SSSR count). The highest BCUT2D eigenvalue weighted by Gasteiger charge is 2.48. The van der Waals surface area contributed by atoms with Gasteiger partial charge in [-0.1, -0.05) is 30.3 Å². The maximum Gasteiger partial charge on any atom is 0.304 e. The molecule has 0 spiro atoms. The van der Waals surface area contributed by atoms with Gasteiger partial charge in [0.05, 0.1) is 0 Å². The number of nitrogens with zero attached hydrogens (tertiary/aromatic N) is 1. The first-order chi connectivity index (χ1) is 8.33. The lowest BCUT2D eigenvalue weighted by molar-refractivity contribution is -0.129. The van der Waals surface area contributed by atoms with Crippen LogP contribution in [0.2, 0.25) is 0 Å². The smallest absolute Gasteiger partial charge is 0.272 e. The standard InChI is InChI=1S/C12H16N2O3S/c1-12(2)11(15)14(18(16,17)13-12)9-8-10-6-4-3-5-7-10/h3-7,13H,8-9H2,1-2H3. The number of carbonyl (C=O) groups excluding carboxylic acids is 1. The summed E-state index contributed by atoms with van der Waals surface area (Å²) in [7, 11) is -3.68. The van der Waals surface area contributed by atoms with Crippen molar-refractivity contribution < 1.29 is 13.2 Å². The van der Waals surface area contributed by atoms with Gasteiger partial charge in [0.25, 0.3) is 5.91 Å². The molecule has 1 heterocycles. The van der Waals surface area contributed by atoms with Gasteiger partial charge in [-0.2, -0.15) is 13.1 Å². The minimum atomic E-state index is -3.68. The third-order valence-corrected chi connectivity index (χ3v) is 4.58. The van der Waals surface area contributed by atoms with E-state index in [1.54, 1.807) is 13.8 Å². The van der Waals surface area contributed by atoms with E-state index in [-0.39, 0.29) is 6.54 Å². The number of nitrogens with one attached hydrogen (secondary N) is 1. The van der Waals surface area contributed by atoms with Crippen molar-refractivity contribution in [3.63, 3.8) is 0 Å². The van der Waals surface area contributed by atoms with Crippen LogP contribution in [0.4, 0.5) is 0 Å². The van der Waals surface area contributed by atoms with Crippen LogP contribution in [-0.4, -0.2) is 30.7 Å². The predicted octanol–water partition coefficient (Wildman–Crippen LogP) is 0.684. The maximum atomic E-state index is 11.9. The molecule has 1 aromatic carbocycles. The molecule has 0 aromatic heterocycles. The van der Waals surface area contributed by atoms with E-state index in [9.17, 15) is 13.2 Å². The van der Waals surface area contributed by atoms with Crippen molar-refractivity contribution >= 4 is 16.1 Å². The number of rotatable bonds is 3. The Morgan fingerprint density at radius 3 is 2.33 bits per heavy atom. The van der Waals surface area contributed by atoms with E-state index in [0.717, 1.165) is 9.87 Å². The summed E-state index contributed by atoms with van der Waals surface area (Å²) in [6.45, 7) is 3.30. The van der Waals surface area contributed by atoms with Crippen LogP contribution in [-0.2, 0) is 21.4 Å². The second-order valence-electron chi connectivity index (χ2n) is 4.84. The van der Waals surface area contributed by atoms with E-state index in [2.05, 4.69) is 4.72 Å². The van der Waals surface area contributed by atoms with Crippen molar-refractivity contribution in [2.75, 3.05) is 6.54 Å². The molecule has 0 bridgehead atoms. The highest BCUT2D eigenvalue weighted by molar-refractivity contribution is 7.88. The molecule has 6 heteroatoms. The van der Waals surface area contributed by atoms with Crippen LogP contribution in [0.3, 0.4) is 0 Å². The number of amides is 1. The van der Waals surface area contributed by atoms with E-state index in [4.69, 9.17) is 0 Å². The van der Waals surface area contributed by atoms with Crippen LogP contribution in [0.25, 0.3) is 0 Å². The summed E-state index contributed by atoms with van der Waals surface area (Å²) in [6, 6.07) is 9.49. The molecule has 0 aliphatic carbocycles. The van der Waals surface area contributed by atoms with Gasteiger partial charge < -0.3 is 0 Å². The van der Waals surface area contributed by atoms with Gasteiger partial charge in [-0.3, -0.25) is 4.79 Å². The highest BCUT2D eigenvalue weighted by Crippen LogP contribution is 2.21. The summed E-state index contributed by atoms with van der Waals surface area (Å²) < 4.78 is 26.9. The van der Waals surface area contributed by atoms with Gasteiger partial charge in [0.2, 0.25) is 0 Å². The van der Waals surface area contributed by atoms with Gasteiger partial charge in [0.15, 0.2) is 0 Å². The Bertz CT molecular complexity index is 552. The van der Waals surface area contributed by atoms with Gasteiger partial charge in [0, 0.05) is 6.54 Å². The second kappa shape index (κ2) is 4.37. The Morgan fingerprint density at radius 1 is 1.22 bits per heavy atom. The van der Waals surface area contributed by atoms with Gasteiger partial charge >= 0.3 is 10.2 Å². The molecule has 1 saturated heterocycles. The van der Waals surface area contributed by atoms with Crippen LogP contribution in [0.5, 0.6) is 0 Å². The minimum absolute atomic E-state index is 0.168. The summed E-state index contributed by atoms with van der Waals surface area (Å²) in [6.07, 6.45) is 0.517. The average Bonchev–Trinajstić information content (AvgIpc) is 2.43.